The Balaban J connectivity index is 2.46. The molecule has 0 bridgehead atoms. The van der Waals surface area contributed by atoms with Crippen LogP contribution in [0.2, 0.25) is 0 Å². The van der Waals surface area contributed by atoms with Crippen LogP contribution in [-0.4, -0.2) is 24.5 Å². The van der Waals surface area contributed by atoms with Gasteiger partial charge in [0.15, 0.2) is 0 Å². The summed E-state index contributed by atoms with van der Waals surface area (Å²) in [5.74, 6) is -1.31. The van der Waals surface area contributed by atoms with Crippen molar-refractivity contribution in [3.63, 3.8) is 0 Å². The number of carbonyl (C=O) groups excluding carboxylic acids is 2. The highest BCUT2D eigenvalue weighted by Gasteiger charge is 2.39. The third-order valence-corrected chi connectivity index (χ3v) is 4.32. The number of sulfonamides is 1. The van der Waals surface area contributed by atoms with Gasteiger partial charge in [-0.1, -0.05) is 17.7 Å². The Labute approximate surface area is 99.1 Å². The van der Waals surface area contributed by atoms with Gasteiger partial charge in [-0.15, -0.1) is 0 Å². The molecule has 1 saturated heterocycles. The van der Waals surface area contributed by atoms with Crippen LogP contribution < -0.4 is 0 Å². The second kappa shape index (κ2) is 3.96. The average molecular weight is 253 g/mol. The van der Waals surface area contributed by atoms with Gasteiger partial charge in [-0.25, -0.2) is 8.42 Å². The van der Waals surface area contributed by atoms with Crippen LogP contribution in [-0.2, 0) is 19.6 Å². The van der Waals surface area contributed by atoms with E-state index in [4.69, 9.17) is 0 Å². The van der Waals surface area contributed by atoms with Gasteiger partial charge in [0.2, 0.25) is 11.8 Å². The van der Waals surface area contributed by atoms with Crippen molar-refractivity contribution in [2.24, 2.45) is 0 Å². The first kappa shape index (κ1) is 11.8. The van der Waals surface area contributed by atoms with E-state index >= 15 is 0 Å². The maximum absolute atomic E-state index is 12.1. The number of imide groups is 1. The second-order valence-corrected chi connectivity index (χ2v) is 5.66. The van der Waals surface area contributed by atoms with E-state index in [1.54, 1.807) is 12.1 Å². The zero-order chi connectivity index (χ0) is 12.6. The number of benzene rings is 1. The molecule has 0 saturated carbocycles. The summed E-state index contributed by atoms with van der Waals surface area (Å²) in [7, 11) is -4.02. The van der Waals surface area contributed by atoms with Crippen molar-refractivity contribution in [3.8, 4) is 0 Å². The van der Waals surface area contributed by atoms with E-state index in [2.05, 4.69) is 0 Å². The molecule has 0 aliphatic carbocycles. The van der Waals surface area contributed by atoms with Crippen molar-refractivity contribution < 1.29 is 18.0 Å². The molecule has 0 spiro atoms. The number of amides is 2. The third-order valence-electron chi connectivity index (χ3n) is 2.56. The molecule has 1 aliphatic heterocycles. The number of carbonyl (C=O) groups is 2. The molecule has 1 aromatic rings. The van der Waals surface area contributed by atoms with Crippen molar-refractivity contribution in [2.75, 3.05) is 0 Å². The van der Waals surface area contributed by atoms with Crippen LogP contribution in [0.4, 0.5) is 0 Å². The van der Waals surface area contributed by atoms with E-state index < -0.39 is 21.8 Å². The Morgan fingerprint density at radius 2 is 1.47 bits per heavy atom. The molecule has 2 amide bonds. The van der Waals surface area contributed by atoms with Crippen LogP contribution in [0.5, 0.6) is 0 Å². The van der Waals surface area contributed by atoms with Gasteiger partial charge in [-0.3, -0.25) is 9.59 Å². The summed E-state index contributed by atoms with van der Waals surface area (Å²) in [6, 6.07) is 6.03. The molecule has 0 radical (unpaired) electrons. The van der Waals surface area contributed by atoms with Crippen LogP contribution in [0, 0.1) is 6.92 Å². The maximum Gasteiger partial charge on any atom is 0.273 e. The van der Waals surface area contributed by atoms with Crippen molar-refractivity contribution in [1.82, 2.24) is 4.31 Å². The van der Waals surface area contributed by atoms with Crippen LogP contribution in [0.3, 0.4) is 0 Å². The lowest BCUT2D eigenvalue weighted by molar-refractivity contribution is -0.132. The fourth-order valence-electron chi connectivity index (χ4n) is 1.64. The van der Waals surface area contributed by atoms with Crippen molar-refractivity contribution in [1.29, 1.82) is 0 Å². The Bertz CT molecular complexity index is 558. The molecule has 0 unspecified atom stereocenters. The molecule has 0 aromatic heterocycles. The molecule has 1 heterocycles. The number of hydrogen-bond donors (Lipinski definition) is 0. The van der Waals surface area contributed by atoms with Gasteiger partial charge in [-0.05, 0) is 19.1 Å². The monoisotopic (exact) mass is 253 g/mol. The molecule has 90 valence electrons. The van der Waals surface area contributed by atoms with Gasteiger partial charge in [0.1, 0.15) is 0 Å². The smallest absolute Gasteiger partial charge is 0.273 e. The summed E-state index contributed by atoms with van der Waals surface area (Å²) in [6.07, 6.45) is -0.0755. The van der Waals surface area contributed by atoms with Crippen LogP contribution in [0.15, 0.2) is 29.2 Å². The van der Waals surface area contributed by atoms with E-state index in [1.165, 1.54) is 12.1 Å². The summed E-state index contributed by atoms with van der Waals surface area (Å²) in [6.45, 7) is 1.82. The zero-order valence-electron chi connectivity index (χ0n) is 9.21. The Kier molecular flexibility index (Phi) is 2.74. The minimum Gasteiger partial charge on any atom is -0.273 e. The van der Waals surface area contributed by atoms with Crippen LogP contribution in [0.1, 0.15) is 18.4 Å². The molecular formula is C11H11NO4S. The summed E-state index contributed by atoms with van der Waals surface area (Å²) in [5.41, 5.74) is 0.906. The summed E-state index contributed by atoms with van der Waals surface area (Å²) >= 11 is 0. The predicted octanol–water partition coefficient (Wildman–Crippen LogP) is 0.833. The number of aryl methyl sites for hydroxylation is 1. The van der Waals surface area contributed by atoms with Crippen LogP contribution >= 0.6 is 0 Å². The molecule has 0 atom stereocenters. The van der Waals surface area contributed by atoms with E-state index in [9.17, 15) is 18.0 Å². The summed E-state index contributed by atoms with van der Waals surface area (Å²) in [4.78, 5) is 22.8. The van der Waals surface area contributed by atoms with Gasteiger partial charge in [0.05, 0.1) is 4.90 Å². The van der Waals surface area contributed by atoms with Gasteiger partial charge in [-0.2, -0.15) is 4.31 Å². The first-order valence-electron chi connectivity index (χ1n) is 5.10. The van der Waals surface area contributed by atoms with Gasteiger partial charge >= 0.3 is 0 Å². The van der Waals surface area contributed by atoms with E-state index in [0.29, 0.717) is 4.31 Å². The molecule has 0 N–H and O–H groups in total. The predicted molar refractivity (Wildman–Crippen MR) is 59.5 cm³/mol. The highest BCUT2D eigenvalue weighted by Crippen LogP contribution is 2.22. The third kappa shape index (κ3) is 1.95. The average Bonchev–Trinajstić information content (AvgIpc) is 2.59. The highest BCUT2D eigenvalue weighted by molar-refractivity contribution is 7.90. The zero-order valence-corrected chi connectivity index (χ0v) is 10.0. The molecule has 17 heavy (non-hydrogen) atoms. The van der Waals surface area contributed by atoms with E-state index in [-0.39, 0.29) is 17.7 Å². The molecule has 2 rings (SSSR count). The van der Waals surface area contributed by atoms with Crippen molar-refractivity contribution in [2.45, 2.75) is 24.7 Å². The van der Waals surface area contributed by atoms with E-state index in [0.717, 1.165) is 5.56 Å². The summed E-state index contributed by atoms with van der Waals surface area (Å²) in [5, 5.41) is 0. The van der Waals surface area contributed by atoms with Gasteiger partial charge in [0, 0.05) is 12.8 Å². The lowest BCUT2D eigenvalue weighted by atomic mass is 10.2. The second-order valence-electron chi connectivity index (χ2n) is 3.87. The lowest BCUT2D eigenvalue weighted by Gasteiger charge is -2.14. The standard InChI is InChI=1S/C11H11NO4S/c1-8-2-4-9(5-3-8)17(15,16)12-10(13)6-7-11(12)14/h2-5H,6-7H2,1H3. The SMILES string of the molecule is Cc1ccc(S(=O)(=O)N2C(=O)CCC2=O)cc1. The Hall–Kier alpha value is -1.69. The minimum absolute atomic E-state index is 0.0355. The molecule has 1 fully saturated rings. The largest absolute Gasteiger partial charge is 0.273 e. The molecule has 1 aromatic carbocycles. The topological polar surface area (TPSA) is 71.5 Å². The summed E-state index contributed by atoms with van der Waals surface area (Å²) < 4.78 is 24.5. The van der Waals surface area contributed by atoms with E-state index in [1.807, 2.05) is 6.92 Å². The molecule has 6 heteroatoms. The van der Waals surface area contributed by atoms with Gasteiger partial charge in [0.25, 0.3) is 10.0 Å². The fourth-order valence-corrected chi connectivity index (χ4v) is 3.05. The molecular weight excluding hydrogens is 242 g/mol. The molecule has 5 nitrogen and oxygen atoms in total. The molecule has 1 aliphatic rings. The quantitative estimate of drug-likeness (QED) is 0.732. The highest BCUT2D eigenvalue weighted by atomic mass is 32.2. The maximum atomic E-state index is 12.1. The van der Waals surface area contributed by atoms with Crippen molar-refractivity contribution >= 4 is 21.8 Å². The lowest BCUT2D eigenvalue weighted by Crippen LogP contribution is -2.35. The first-order valence-corrected chi connectivity index (χ1v) is 6.54. The fraction of sp³-hybridized carbons (Fsp3) is 0.273. The van der Waals surface area contributed by atoms with Crippen molar-refractivity contribution in [3.05, 3.63) is 29.8 Å². The first-order chi connectivity index (χ1) is 7.93. The minimum atomic E-state index is -4.02. The Morgan fingerprint density at radius 3 is 1.94 bits per heavy atom. The normalized spacial score (nSPS) is 16.6. The number of hydrogen-bond acceptors (Lipinski definition) is 4. The van der Waals surface area contributed by atoms with Gasteiger partial charge < -0.3 is 0 Å². The number of rotatable bonds is 2. The Morgan fingerprint density at radius 1 is 1.00 bits per heavy atom. The number of nitrogens with zero attached hydrogens (tertiary/aromatic N) is 1. The van der Waals surface area contributed by atoms with Crippen LogP contribution in [0.25, 0.3) is 0 Å².